The van der Waals surface area contributed by atoms with Crippen LogP contribution in [0.5, 0.6) is 0 Å². The Balaban J connectivity index is 1.62. The van der Waals surface area contributed by atoms with E-state index in [9.17, 15) is 14.4 Å². The fourth-order valence-electron chi connectivity index (χ4n) is 2.98. The lowest BCUT2D eigenvalue weighted by atomic mass is 10.1. The summed E-state index contributed by atoms with van der Waals surface area (Å²) in [6, 6.07) is 16.0. The average Bonchev–Trinajstić information content (AvgIpc) is 3.11. The van der Waals surface area contributed by atoms with Gasteiger partial charge < -0.3 is 15.4 Å². The van der Waals surface area contributed by atoms with Gasteiger partial charge in [0.1, 0.15) is 5.56 Å². The number of carbonyl (C=O) groups is 3. The smallest absolute Gasteiger partial charge is 0.342 e. The van der Waals surface area contributed by atoms with Crippen molar-refractivity contribution in [2.45, 2.75) is 19.9 Å². The second-order valence-electron chi connectivity index (χ2n) is 7.04. The van der Waals surface area contributed by atoms with Crippen molar-refractivity contribution in [1.82, 2.24) is 15.1 Å². The van der Waals surface area contributed by atoms with Gasteiger partial charge in [0.15, 0.2) is 6.61 Å². The Kier molecular flexibility index (Phi) is 6.81. The van der Waals surface area contributed by atoms with Crippen LogP contribution < -0.4 is 10.6 Å². The summed E-state index contributed by atoms with van der Waals surface area (Å²) in [5.74, 6) is -1.51. The molecule has 0 aliphatic carbocycles. The fourth-order valence-corrected chi connectivity index (χ4v) is 2.98. The highest BCUT2D eigenvalue weighted by Crippen LogP contribution is 2.18. The number of anilines is 1. The van der Waals surface area contributed by atoms with Gasteiger partial charge in [0.05, 0.1) is 23.5 Å². The van der Waals surface area contributed by atoms with Crippen molar-refractivity contribution in [3.63, 3.8) is 0 Å². The summed E-state index contributed by atoms with van der Waals surface area (Å²) < 4.78 is 6.62. The molecule has 8 heteroatoms. The molecule has 0 spiro atoms. The van der Waals surface area contributed by atoms with Gasteiger partial charge in [-0.15, -0.1) is 0 Å². The van der Waals surface area contributed by atoms with Crippen molar-refractivity contribution in [3.05, 3.63) is 83.2 Å². The van der Waals surface area contributed by atoms with Crippen LogP contribution in [0.25, 0.3) is 0 Å². The lowest BCUT2D eigenvalue weighted by Crippen LogP contribution is -2.28. The maximum absolute atomic E-state index is 12.8. The Hall–Kier alpha value is -3.94. The molecule has 3 aromatic rings. The number of hydrogen-bond acceptors (Lipinski definition) is 5. The number of amides is 2. The molecule has 2 aromatic carbocycles. The summed E-state index contributed by atoms with van der Waals surface area (Å²) in [5.41, 5.74) is 2.55. The number of esters is 1. The van der Waals surface area contributed by atoms with E-state index in [1.165, 1.54) is 6.20 Å². The Morgan fingerprint density at radius 1 is 1.03 bits per heavy atom. The number of aryl methyl sites for hydroxylation is 1. The number of carbonyl (C=O) groups excluding carboxylic acids is 3. The number of rotatable bonds is 7. The van der Waals surface area contributed by atoms with Gasteiger partial charge in [-0.2, -0.15) is 5.10 Å². The normalized spacial score (nSPS) is 11.5. The first-order valence-electron chi connectivity index (χ1n) is 9.77. The molecule has 0 aliphatic rings. The molecule has 1 heterocycles. The monoisotopic (exact) mass is 420 g/mol. The highest BCUT2D eigenvalue weighted by atomic mass is 16.5. The lowest BCUT2D eigenvalue weighted by Gasteiger charge is -2.16. The van der Waals surface area contributed by atoms with Crippen molar-refractivity contribution in [2.75, 3.05) is 11.9 Å². The van der Waals surface area contributed by atoms with E-state index >= 15 is 0 Å². The predicted octanol–water partition coefficient (Wildman–Crippen LogP) is 3.02. The van der Waals surface area contributed by atoms with E-state index in [0.717, 1.165) is 5.56 Å². The second kappa shape index (κ2) is 9.71. The maximum atomic E-state index is 12.8. The van der Waals surface area contributed by atoms with E-state index in [1.54, 1.807) is 42.9 Å². The third kappa shape index (κ3) is 5.36. The first kappa shape index (κ1) is 21.8. The quantitative estimate of drug-likeness (QED) is 0.572. The van der Waals surface area contributed by atoms with E-state index in [1.807, 2.05) is 37.3 Å². The molecule has 31 heavy (non-hydrogen) atoms. The minimum atomic E-state index is -0.636. The molecule has 3 rings (SSSR count). The molecule has 0 bridgehead atoms. The zero-order valence-electron chi connectivity index (χ0n) is 17.6. The zero-order chi connectivity index (χ0) is 22.4. The molecule has 0 fully saturated rings. The lowest BCUT2D eigenvalue weighted by molar-refractivity contribution is -0.119. The van der Waals surface area contributed by atoms with Crippen LogP contribution in [-0.2, 0) is 16.6 Å². The molecule has 8 nitrogen and oxygen atoms in total. The van der Waals surface area contributed by atoms with E-state index in [-0.39, 0.29) is 11.9 Å². The molecule has 0 saturated carbocycles. The minimum Gasteiger partial charge on any atom is -0.452 e. The molecule has 0 radical (unpaired) electrons. The maximum Gasteiger partial charge on any atom is 0.342 e. The molecule has 1 unspecified atom stereocenters. The molecule has 160 valence electrons. The van der Waals surface area contributed by atoms with Crippen molar-refractivity contribution >= 4 is 23.5 Å². The first-order valence-corrected chi connectivity index (χ1v) is 9.77. The molecule has 2 amide bonds. The van der Waals surface area contributed by atoms with Gasteiger partial charge in [-0.05, 0) is 31.5 Å². The fraction of sp³-hybridized carbons (Fsp3) is 0.217. The number of benzene rings is 2. The van der Waals surface area contributed by atoms with Gasteiger partial charge in [0.2, 0.25) is 0 Å². The Morgan fingerprint density at radius 3 is 2.39 bits per heavy atom. The van der Waals surface area contributed by atoms with Crippen LogP contribution in [0.3, 0.4) is 0 Å². The summed E-state index contributed by atoms with van der Waals surface area (Å²) in [4.78, 5) is 37.2. The van der Waals surface area contributed by atoms with E-state index in [2.05, 4.69) is 15.7 Å². The van der Waals surface area contributed by atoms with Crippen molar-refractivity contribution in [1.29, 1.82) is 0 Å². The van der Waals surface area contributed by atoms with Gasteiger partial charge >= 0.3 is 5.97 Å². The highest BCUT2D eigenvalue weighted by molar-refractivity contribution is 6.04. The summed E-state index contributed by atoms with van der Waals surface area (Å²) in [7, 11) is 1.71. The Labute approximate surface area is 180 Å². The molecule has 0 saturated heterocycles. The van der Waals surface area contributed by atoms with Gasteiger partial charge in [0, 0.05) is 12.7 Å². The Bertz CT molecular complexity index is 1090. The summed E-state index contributed by atoms with van der Waals surface area (Å²) in [6.45, 7) is 3.13. The van der Waals surface area contributed by atoms with Crippen molar-refractivity contribution in [2.24, 2.45) is 7.05 Å². The number of nitrogens with one attached hydrogen (secondary N) is 2. The Morgan fingerprint density at radius 2 is 1.71 bits per heavy atom. The largest absolute Gasteiger partial charge is 0.452 e. The van der Waals surface area contributed by atoms with Crippen molar-refractivity contribution in [3.8, 4) is 0 Å². The molecular weight excluding hydrogens is 396 g/mol. The van der Waals surface area contributed by atoms with Gasteiger partial charge in [-0.1, -0.05) is 42.5 Å². The first-order chi connectivity index (χ1) is 14.9. The molecular formula is C23H24N4O4. The van der Waals surface area contributed by atoms with E-state index in [0.29, 0.717) is 22.5 Å². The summed E-state index contributed by atoms with van der Waals surface area (Å²) in [5, 5.41) is 9.53. The standard InChI is InChI=1S/C23H24N4O4/c1-15(17-9-5-4-6-10-17)25-22(29)18-11-7-8-12-20(18)26-21(28)14-31-23(30)19-13-24-27(3)16(19)2/h4-13,15H,14H2,1-3H3,(H,25,29)(H,26,28). The third-order valence-corrected chi connectivity index (χ3v) is 4.88. The molecule has 1 atom stereocenters. The number of nitrogens with zero attached hydrogens (tertiary/aromatic N) is 2. The topological polar surface area (TPSA) is 102 Å². The summed E-state index contributed by atoms with van der Waals surface area (Å²) in [6.07, 6.45) is 1.39. The zero-order valence-corrected chi connectivity index (χ0v) is 17.6. The van der Waals surface area contributed by atoms with Crippen molar-refractivity contribution < 1.29 is 19.1 Å². The average molecular weight is 420 g/mol. The number of para-hydroxylation sites is 1. The predicted molar refractivity (Wildman–Crippen MR) is 116 cm³/mol. The van der Waals surface area contributed by atoms with Gasteiger partial charge in [0.25, 0.3) is 11.8 Å². The molecule has 0 aliphatic heterocycles. The highest BCUT2D eigenvalue weighted by Gasteiger charge is 2.18. The number of hydrogen-bond donors (Lipinski definition) is 2. The van der Waals surface area contributed by atoms with Crippen LogP contribution in [0.2, 0.25) is 0 Å². The second-order valence-corrected chi connectivity index (χ2v) is 7.04. The SMILES string of the molecule is Cc1c(C(=O)OCC(=O)Nc2ccccc2C(=O)NC(C)c2ccccc2)cnn1C. The molecule has 1 aromatic heterocycles. The van der Waals surface area contributed by atoms with Crippen LogP contribution in [0, 0.1) is 6.92 Å². The van der Waals surface area contributed by atoms with Gasteiger partial charge in [-0.3, -0.25) is 14.3 Å². The molecule has 2 N–H and O–H groups in total. The van der Waals surface area contributed by atoms with Crippen LogP contribution >= 0.6 is 0 Å². The van der Waals surface area contributed by atoms with E-state index in [4.69, 9.17) is 4.74 Å². The minimum absolute atomic E-state index is 0.207. The van der Waals surface area contributed by atoms with Crippen LogP contribution in [0.1, 0.15) is 44.9 Å². The van der Waals surface area contributed by atoms with Gasteiger partial charge in [-0.25, -0.2) is 4.79 Å². The number of aromatic nitrogens is 2. The van der Waals surface area contributed by atoms with Crippen LogP contribution in [-0.4, -0.2) is 34.2 Å². The van der Waals surface area contributed by atoms with Crippen LogP contribution in [0.15, 0.2) is 60.8 Å². The number of ether oxygens (including phenoxy) is 1. The third-order valence-electron chi connectivity index (χ3n) is 4.88. The van der Waals surface area contributed by atoms with E-state index < -0.39 is 18.5 Å². The van der Waals surface area contributed by atoms with Crippen LogP contribution in [0.4, 0.5) is 5.69 Å². The summed E-state index contributed by atoms with van der Waals surface area (Å²) >= 11 is 0.